The summed E-state index contributed by atoms with van der Waals surface area (Å²) < 4.78 is 8.19. The van der Waals surface area contributed by atoms with Crippen LogP contribution in [0.4, 0.5) is 0 Å². The summed E-state index contributed by atoms with van der Waals surface area (Å²) in [7, 11) is 0. The van der Waals surface area contributed by atoms with Gasteiger partial charge in [-0.15, -0.1) is 0 Å². The van der Waals surface area contributed by atoms with Crippen molar-refractivity contribution >= 4 is 11.0 Å². The van der Waals surface area contributed by atoms with Crippen LogP contribution < -0.4 is 12.4 Å². The maximum absolute atomic E-state index is 8.19. The standard InChI is InChI=1S/ClH.O.H4Si.V/h1H;;1H4;/q;;;+1/p-1. The van der Waals surface area contributed by atoms with Gasteiger partial charge in [-0.2, -0.15) is 0 Å². The van der Waals surface area contributed by atoms with Crippen LogP contribution in [0, 0.1) is 0 Å². The second-order valence-electron chi connectivity index (χ2n) is 0. The first kappa shape index (κ1) is 20.7. The van der Waals surface area contributed by atoms with Crippen LogP contribution in [0.2, 0.25) is 0 Å². The van der Waals surface area contributed by atoms with E-state index in [1.807, 2.05) is 0 Å². The van der Waals surface area contributed by atoms with Crippen LogP contribution in [0.5, 0.6) is 0 Å². The topological polar surface area (TPSA) is 17.1 Å². The molecule has 0 radical (unpaired) electrons. The quantitative estimate of drug-likeness (QED) is 0.305. The van der Waals surface area contributed by atoms with Crippen LogP contribution in [-0.2, 0) is 21.0 Å². The van der Waals surface area contributed by atoms with Crippen molar-refractivity contribution in [1.82, 2.24) is 0 Å². The van der Waals surface area contributed by atoms with Gasteiger partial charge in [0.25, 0.3) is 0 Å². The van der Waals surface area contributed by atoms with Gasteiger partial charge in [0, 0.05) is 0 Å². The van der Waals surface area contributed by atoms with Gasteiger partial charge in [0.15, 0.2) is 0 Å². The monoisotopic (exact) mass is 134 g/mol. The van der Waals surface area contributed by atoms with Crippen LogP contribution in [0.3, 0.4) is 0 Å². The van der Waals surface area contributed by atoms with Crippen LogP contribution in [0.25, 0.3) is 0 Å². The summed E-state index contributed by atoms with van der Waals surface area (Å²) in [5.74, 6) is 0. The minimum atomic E-state index is 0. The molecule has 0 unspecified atom stereocenters. The van der Waals surface area contributed by atoms with Crippen molar-refractivity contribution in [3.8, 4) is 0 Å². The third-order valence-corrected chi connectivity index (χ3v) is 0. The van der Waals surface area contributed by atoms with E-state index in [2.05, 4.69) is 0 Å². The van der Waals surface area contributed by atoms with Crippen molar-refractivity contribution < 1.29 is 33.5 Å². The first-order chi connectivity index (χ1) is 1.00. The summed E-state index contributed by atoms with van der Waals surface area (Å²) in [6.45, 7) is 0. The van der Waals surface area contributed by atoms with Gasteiger partial charge < -0.3 is 12.4 Å². The van der Waals surface area contributed by atoms with Crippen molar-refractivity contribution in [3.63, 3.8) is 0 Å². The molecule has 0 bridgehead atoms. The normalized spacial score (nSPS) is 0.750. The second kappa shape index (κ2) is 40.9. The summed E-state index contributed by atoms with van der Waals surface area (Å²) in [4.78, 5) is 0. The molecule has 4 heavy (non-hydrogen) atoms. The number of rotatable bonds is 0. The van der Waals surface area contributed by atoms with E-state index in [0.29, 0.717) is 0 Å². The SMILES string of the molecule is [Cl-].[O]=[V+].[SiH4]. The molecule has 1 nitrogen and oxygen atoms in total. The van der Waals surface area contributed by atoms with Gasteiger partial charge in [-0.1, -0.05) is 0 Å². The Bertz CT molecular complexity index is 8.00. The van der Waals surface area contributed by atoms with Crippen LogP contribution in [0.1, 0.15) is 0 Å². The summed E-state index contributed by atoms with van der Waals surface area (Å²) in [5, 5.41) is 0. The van der Waals surface area contributed by atoms with Crippen molar-refractivity contribution in [2.45, 2.75) is 0 Å². The fourth-order valence-corrected chi connectivity index (χ4v) is 0. The van der Waals surface area contributed by atoms with E-state index >= 15 is 0 Å². The zero-order valence-electron chi connectivity index (χ0n) is 1.23. The summed E-state index contributed by atoms with van der Waals surface area (Å²) in [6.07, 6.45) is 0. The third-order valence-electron chi connectivity index (χ3n) is 0. The molecular weight excluding hydrogens is 130 g/mol. The first-order valence-corrected chi connectivity index (χ1v) is 0.753. The molecule has 0 aromatic rings. The van der Waals surface area contributed by atoms with E-state index in [4.69, 9.17) is 3.67 Å². The average Bonchev–Trinajstić information content (AvgIpc) is 1.00. The fraction of sp³-hybridized carbons (Fsp3) is 0. The van der Waals surface area contributed by atoms with E-state index < -0.39 is 0 Å². The minimum Gasteiger partial charge on any atom is -0.0149 e. The molecule has 0 saturated carbocycles. The molecule has 0 aliphatic carbocycles. The predicted molar refractivity (Wildman–Crippen MR) is 12.0 cm³/mol. The Balaban J connectivity index is -0.00000000500. The summed E-state index contributed by atoms with van der Waals surface area (Å²) in [5.41, 5.74) is 0. The Labute approximate surface area is 44.8 Å². The molecule has 0 aliphatic heterocycles. The molecule has 0 aromatic carbocycles. The van der Waals surface area contributed by atoms with Crippen LogP contribution in [-0.4, -0.2) is 11.0 Å². The van der Waals surface area contributed by atoms with Gasteiger partial charge >= 0.3 is 21.0 Å². The zero-order chi connectivity index (χ0) is 2.00. The van der Waals surface area contributed by atoms with Gasteiger partial charge in [-0.05, 0) is 11.0 Å². The van der Waals surface area contributed by atoms with Gasteiger partial charge in [0.2, 0.25) is 0 Å². The Morgan fingerprint density at radius 3 is 1.25 bits per heavy atom. The van der Waals surface area contributed by atoms with Gasteiger partial charge in [-0.3, -0.25) is 0 Å². The third kappa shape index (κ3) is 13.0. The number of hydrogen-bond acceptors (Lipinski definition) is 1. The molecule has 0 spiro atoms. The Morgan fingerprint density at radius 2 is 1.25 bits per heavy atom. The molecule has 4 heteroatoms. The number of halogens is 1. The molecule has 0 aliphatic rings. The second-order valence-corrected chi connectivity index (χ2v) is 0. The first-order valence-electron chi connectivity index (χ1n) is 0.183. The van der Waals surface area contributed by atoms with Crippen molar-refractivity contribution in [1.29, 1.82) is 0 Å². The molecule has 0 N–H and O–H groups in total. The largest absolute Gasteiger partial charge is 0.0149 e. The molecule has 0 atom stereocenters. The molecule has 0 fully saturated rings. The zero-order valence-corrected chi connectivity index (χ0v) is 3.39. The van der Waals surface area contributed by atoms with E-state index in [9.17, 15) is 0 Å². The molecule has 26 valence electrons. The summed E-state index contributed by atoms with van der Waals surface area (Å²) in [6, 6.07) is 0. The van der Waals surface area contributed by atoms with Crippen LogP contribution in [0.15, 0.2) is 0 Å². The molecule has 0 heterocycles. The smallest absolute Gasteiger partial charge is 0.0149 e. The average molecular weight is 135 g/mol. The van der Waals surface area contributed by atoms with Crippen LogP contribution >= 0.6 is 0 Å². The van der Waals surface area contributed by atoms with Crippen molar-refractivity contribution in [3.05, 3.63) is 0 Å². The Hall–Kier alpha value is 0.891. The van der Waals surface area contributed by atoms with E-state index in [0.717, 1.165) is 17.4 Å². The maximum atomic E-state index is 8.19. The molecule has 0 saturated heterocycles. The molecule has 0 amide bonds. The molecule has 0 rings (SSSR count). The number of hydrogen-bond donors (Lipinski definition) is 0. The van der Waals surface area contributed by atoms with Crippen molar-refractivity contribution in [2.75, 3.05) is 0 Å². The van der Waals surface area contributed by atoms with Gasteiger partial charge in [0.05, 0.1) is 0 Å². The molecule has 0 aromatic heterocycles. The van der Waals surface area contributed by atoms with Gasteiger partial charge in [0.1, 0.15) is 0 Å². The minimum absolute atomic E-state index is 0. The van der Waals surface area contributed by atoms with E-state index in [-0.39, 0.29) is 23.4 Å². The van der Waals surface area contributed by atoms with E-state index in [1.54, 1.807) is 0 Å². The fourth-order valence-electron chi connectivity index (χ4n) is 0. The maximum Gasteiger partial charge on any atom is -0.0149 e. The summed E-state index contributed by atoms with van der Waals surface area (Å²) >= 11 is 1.06. The Morgan fingerprint density at radius 1 is 1.25 bits per heavy atom. The van der Waals surface area contributed by atoms with Gasteiger partial charge in [-0.25, -0.2) is 0 Å². The molecular formula is H4ClOSiV. The van der Waals surface area contributed by atoms with Crippen molar-refractivity contribution in [2.24, 2.45) is 0 Å². The predicted octanol–water partition coefficient (Wildman–Crippen LogP) is -4.57. The van der Waals surface area contributed by atoms with E-state index in [1.165, 1.54) is 0 Å². The Kier molecular flexibility index (Phi) is 212.